The summed E-state index contributed by atoms with van der Waals surface area (Å²) in [6.07, 6.45) is 9.34. The molecule has 0 aromatic carbocycles. The Morgan fingerprint density at radius 2 is 2.04 bits per heavy atom. The summed E-state index contributed by atoms with van der Waals surface area (Å²) in [5, 5.41) is 4.29. The summed E-state index contributed by atoms with van der Waals surface area (Å²) >= 11 is 0. The van der Waals surface area contributed by atoms with Gasteiger partial charge in [-0.1, -0.05) is 5.16 Å². The number of aromatic nitrogens is 3. The lowest BCUT2D eigenvalue weighted by Gasteiger charge is -2.37. The number of anilines is 1. The molecule has 138 valence electrons. The number of rotatable bonds is 6. The molecule has 0 bridgehead atoms. The van der Waals surface area contributed by atoms with Crippen LogP contribution in [0.4, 0.5) is 5.82 Å². The summed E-state index contributed by atoms with van der Waals surface area (Å²) in [4.78, 5) is 14.1. The fourth-order valence-electron chi connectivity index (χ4n) is 3.97. The maximum Gasteiger partial charge on any atom is 0.140 e. The predicted octanol–water partition coefficient (Wildman–Crippen LogP) is 3.32. The van der Waals surface area contributed by atoms with Gasteiger partial charge in [-0.25, -0.2) is 9.97 Å². The molecule has 6 heteroatoms. The Labute approximate surface area is 154 Å². The molecule has 2 aliphatic carbocycles. The molecule has 3 heterocycles. The summed E-state index contributed by atoms with van der Waals surface area (Å²) in [5.74, 6) is 4.40. The topological polar surface area (TPSA) is 58.3 Å². The molecule has 3 fully saturated rings. The van der Waals surface area contributed by atoms with E-state index in [0.29, 0.717) is 17.9 Å². The highest BCUT2D eigenvalue weighted by atomic mass is 16.5. The summed E-state index contributed by atoms with van der Waals surface area (Å²) < 4.78 is 5.51. The Morgan fingerprint density at radius 3 is 2.85 bits per heavy atom. The van der Waals surface area contributed by atoms with E-state index in [2.05, 4.69) is 33.1 Å². The normalized spacial score (nSPS) is 24.0. The molecule has 1 unspecified atom stereocenters. The lowest BCUT2D eigenvalue weighted by atomic mass is 10.0. The average Bonchev–Trinajstić information content (AvgIpc) is 3.60. The quantitative estimate of drug-likeness (QED) is 0.794. The fraction of sp³-hybridized carbons (Fsp3) is 0.650. The summed E-state index contributed by atoms with van der Waals surface area (Å²) in [6.45, 7) is 3.07. The van der Waals surface area contributed by atoms with Crippen LogP contribution in [0.5, 0.6) is 0 Å². The highest BCUT2D eigenvalue weighted by molar-refractivity contribution is 5.38. The molecule has 26 heavy (non-hydrogen) atoms. The first-order valence-electron chi connectivity index (χ1n) is 10.00. The van der Waals surface area contributed by atoms with Crippen molar-refractivity contribution in [3.05, 3.63) is 35.6 Å². The van der Waals surface area contributed by atoms with Gasteiger partial charge in [0.2, 0.25) is 0 Å². The fourth-order valence-corrected chi connectivity index (χ4v) is 3.97. The Kier molecular flexibility index (Phi) is 4.15. The van der Waals surface area contributed by atoms with Gasteiger partial charge in [-0.05, 0) is 51.1 Å². The first-order valence-corrected chi connectivity index (χ1v) is 10.00. The van der Waals surface area contributed by atoms with Crippen molar-refractivity contribution in [2.75, 3.05) is 25.0 Å². The monoisotopic (exact) mass is 353 g/mol. The molecule has 1 atom stereocenters. The minimum atomic E-state index is 0.487. The van der Waals surface area contributed by atoms with Gasteiger partial charge >= 0.3 is 0 Å². The predicted molar refractivity (Wildman–Crippen MR) is 99.2 cm³/mol. The molecule has 0 spiro atoms. The van der Waals surface area contributed by atoms with Crippen LogP contribution >= 0.6 is 0 Å². The second-order valence-electron chi connectivity index (χ2n) is 8.18. The Balaban J connectivity index is 1.23. The molecule has 0 radical (unpaired) electrons. The van der Waals surface area contributed by atoms with Crippen LogP contribution in [0, 0.1) is 0 Å². The van der Waals surface area contributed by atoms with Crippen molar-refractivity contribution in [2.24, 2.45) is 0 Å². The van der Waals surface area contributed by atoms with Crippen LogP contribution in [-0.2, 0) is 6.54 Å². The van der Waals surface area contributed by atoms with E-state index in [4.69, 9.17) is 9.51 Å². The number of likely N-dealkylation sites (tertiary alicyclic amines) is 1. The molecule has 2 aromatic rings. The van der Waals surface area contributed by atoms with Crippen LogP contribution < -0.4 is 4.90 Å². The second-order valence-corrected chi connectivity index (χ2v) is 8.18. The van der Waals surface area contributed by atoms with Crippen molar-refractivity contribution in [2.45, 2.75) is 62.9 Å². The Hall–Kier alpha value is -1.95. The average molecular weight is 353 g/mol. The van der Waals surface area contributed by atoms with Crippen molar-refractivity contribution in [1.29, 1.82) is 0 Å². The third kappa shape index (κ3) is 3.47. The van der Waals surface area contributed by atoms with Gasteiger partial charge < -0.3 is 9.42 Å². The van der Waals surface area contributed by atoms with Crippen molar-refractivity contribution < 1.29 is 4.52 Å². The lowest BCUT2D eigenvalue weighted by Crippen LogP contribution is -2.46. The van der Waals surface area contributed by atoms with E-state index >= 15 is 0 Å². The van der Waals surface area contributed by atoms with E-state index in [1.165, 1.54) is 38.5 Å². The van der Waals surface area contributed by atoms with Crippen molar-refractivity contribution in [3.8, 4) is 0 Å². The van der Waals surface area contributed by atoms with Gasteiger partial charge in [0.1, 0.15) is 17.4 Å². The van der Waals surface area contributed by atoms with E-state index in [-0.39, 0.29) is 0 Å². The van der Waals surface area contributed by atoms with Crippen LogP contribution in [0.1, 0.15) is 67.6 Å². The molecule has 2 aromatic heterocycles. The van der Waals surface area contributed by atoms with Crippen LogP contribution in [0.15, 0.2) is 22.9 Å². The zero-order valence-electron chi connectivity index (χ0n) is 15.5. The number of likely N-dealkylation sites (N-methyl/N-ethyl adjacent to an activating group) is 1. The summed E-state index contributed by atoms with van der Waals surface area (Å²) in [5.41, 5.74) is 1.08. The van der Waals surface area contributed by atoms with Gasteiger partial charge in [0.25, 0.3) is 0 Å². The van der Waals surface area contributed by atoms with E-state index in [0.717, 1.165) is 42.7 Å². The highest BCUT2D eigenvalue weighted by Gasteiger charge is 2.30. The summed E-state index contributed by atoms with van der Waals surface area (Å²) in [6, 6.07) is 4.70. The van der Waals surface area contributed by atoms with Crippen LogP contribution in [0.2, 0.25) is 0 Å². The van der Waals surface area contributed by atoms with Crippen LogP contribution in [0.3, 0.4) is 0 Å². The SMILES string of the molecule is CN(c1ccnc(C2CC2)n1)C1CCCN(Cc2cc(C3CC3)on2)C1. The van der Waals surface area contributed by atoms with Gasteiger partial charge in [-0.2, -0.15) is 0 Å². The van der Waals surface area contributed by atoms with E-state index < -0.39 is 0 Å². The minimum absolute atomic E-state index is 0.487. The molecule has 5 rings (SSSR count). The zero-order valence-corrected chi connectivity index (χ0v) is 15.5. The second kappa shape index (κ2) is 6.65. The van der Waals surface area contributed by atoms with Gasteiger partial charge in [-0.3, -0.25) is 4.90 Å². The largest absolute Gasteiger partial charge is 0.361 e. The molecule has 3 aliphatic rings. The third-order valence-electron chi connectivity index (χ3n) is 5.93. The minimum Gasteiger partial charge on any atom is -0.361 e. The smallest absolute Gasteiger partial charge is 0.140 e. The highest BCUT2D eigenvalue weighted by Crippen LogP contribution is 2.40. The third-order valence-corrected chi connectivity index (χ3v) is 5.93. The number of hydrogen-bond donors (Lipinski definition) is 0. The van der Waals surface area contributed by atoms with Gasteiger partial charge in [0.05, 0.1) is 5.69 Å². The van der Waals surface area contributed by atoms with Crippen molar-refractivity contribution in [1.82, 2.24) is 20.0 Å². The van der Waals surface area contributed by atoms with E-state index in [1.54, 1.807) is 0 Å². The Morgan fingerprint density at radius 1 is 1.19 bits per heavy atom. The number of piperidine rings is 1. The lowest BCUT2D eigenvalue weighted by molar-refractivity contribution is 0.193. The van der Waals surface area contributed by atoms with Gasteiger partial charge in [0.15, 0.2) is 0 Å². The molecule has 1 saturated heterocycles. The maximum absolute atomic E-state index is 5.51. The van der Waals surface area contributed by atoms with E-state index in [9.17, 15) is 0 Å². The van der Waals surface area contributed by atoms with Gasteiger partial charge in [0, 0.05) is 50.3 Å². The molecule has 6 nitrogen and oxygen atoms in total. The molecule has 0 amide bonds. The Bertz CT molecular complexity index is 767. The maximum atomic E-state index is 5.51. The molecular formula is C20H27N5O. The first kappa shape index (κ1) is 16.2. The first-order chi connectivity index (χ1) is 12.8. The molecular weight excluding hydrogens is 326 g/mol. The number of nitrogens with zero attached hydrogens (tertiary/aromatic N) is 5. The van der Waals surface area contributed by atoms with Gasteiger partial charge in [-0.15, -0.1) is 0 Å². The molecule has 2 saturated carbocycles. The summed E-state index contributed by atoms with van der Waals surface area (Å²) in [7, 11) is 2.18. The van der Waals surface area contributed by atoms with Crippen molar-refractivity contribution in [3.63, 3.8) is 0 Å². The van der Waals surface area contributed by atoms with Crippen LogP contribution in [-0.4, -0.2) is 46.2 Å². The van der Waals surface area contributed by atoms with Crippen molar-refractivity contribution >= 4 is 5.82 Å². The van der Waals surface area contributed by atoms with E-state index in [1.807, 2.05) is 12.3 Å². The molecule has 0 N–H and O–H groups in total. The van der Waals surface area contributed by atoms with Crippen LogP contribution in [0.25, 0.3) is 0 Å². The standard InChI is InChI=1S/C20H27N5O/c1-24(19-8-9-21-20(22-19)15-6-7-15)17-3-2-10-25(13-17)12-16-11-18(26-23-16)14-4-5-14/h8-9,11,14-15,17H,2-7,10,12-13H2,1H3. The number of hydrogen-bond acceptors (Lipinski definition) is 6. The zero-order chi connectivity index (χ0) is 17.5. The molecule has 1 aliphatic heterocycles.